The minimum Gasteiger partial charge on any atom is -0.453 e. The van der Waals surface area contributed by atoms with Crippen LogP contribution in [0.2, 0.25) is 0 Å². The minimum absolute atomic E-state index is 0.857. The van der Waals surface area contributed by atoms with Gasteiger partial charge in [0.05, 0.1) is 5.69 Å². The number of hydrogen-bond donors (Lipinski definition) is 0. The van der Waals surface area contributed by atoms with E-state index in [0.717, 1.165) is 55.3 Å². The summed E-state index contributed by atoms with van der Waals surface area (Å²) < 4.78 is 7.01. The largest absolute Gasteiger partial charge is 0.453 e. The van der Waals surface area contributed by atoms with E-state index < -0.39 is 0 Å². The van der Waals surface area contributed by atoms with Crippen LogP contribution in [-0.2, 0) is 0 Å². The third-order valence-corrected chi connectivity index (χ3v) is 11.2. The van der Waals surface area contributed by atoms with Gasteiger partial charge in [-0.2, -0.15) is 0 Å². The molecule has 0 amide bonds. The summed E-state index contributed by atoms with van der Waals surface area (Å²) in [6.07, 6.45) is 0. The summed E-state index contributed by atoms with van der Waals surface area (Å²) in [6.45, 7) is 0. The van der Waals surface area contributed by atoms with Crippen LogP contribution < -0.4 is 4.90 Å². The van der Waals surface area contributed by atoms with Crippen LogP contribution in [0.15, 0.2) is 217 Å². The summed E-state index contributed by atoms with van der Waals surface area (Å²) in [4.78, 5) is 2.38. The molecule has 11 aromatic rings. The first kappa shape index (κ1) is 32.0. The van der Waals surface area contributed by atoms with Crippen molar-refractivity contribution in [1.82, 2.24) is 0 Å². The van der Waals surface area contributed by atoms with E-state index in [9.17, 15) is 0 Å². The monoisotopic (exact) mass is 713 g/mol. The maximum atomic E-state index is 7.01. The predicted molar refractivity (Wildman–Crippen MR) is 237 cm³/mol. The van der Waals surface area contributed by atoms with Gasteiger partial charge in [-0.1, -0.05) is 176 Å². The Morgan fingerprint density at radius 1 is 0.286 bits per heavy atom. The summed E-state index contributed by atoms with van der Waals surface area (Å²) >= 11 is 0. The molecular formula is C54H35NO. The number of para-hydroxylation sites is 1. The van der Waals surface area contributed by atoms with Crippen molar-refractivity contribution in [3.63, 3.8) is 0 Å². The average Bonchev–Trinajstić information content (AvgIpc) is 3.67. The smallest absolute Gasteiger partial charge is 0.159 e. The number of nitrogens with zero attached hydrogens (tertiary/aromatic N) is 1. The Kier molecular flexibility index (Phi) is 7.53. The fraction of sp³-hybridized carbons (Fsp3) is 0. The lowest BCUT2D eigenvalue weighted by Gasteiger charge is -2.27. The highest BCUT2D eigenvalue weighted by Crippen LogP contribution is 2.48. The van der Waals surface area contributed by atoms with Gasteiger partial charge in [-0.05, 0) is 96.7 Å². The summed E-state index contributed by atoms with van der Waals surface area (Å²) in [6, 6.07) is 76.4. The van der Waals surface area contributed by atoms with E-state index in [4.69, 9.17) is 4.42 Å². The highest BCUT2D eigenvalue weighted by atomic mass is 16.3. The summed E-state index contributed by atoms with van der Waals surface area (Å²) in [5, 5.41) is 9.37. The number of rotatable bonds is 6. The average molecular weight is 714 g/mol. The van der Waals surface area contributed by atoms with Crippen molar-refractivity contribution >= 4 is 71.3 Å². The molecule has 0 unspecified atom stereocenters. The van der Waals surface area contributed by atoms with Gasteiger partial charge < -0.3 is 9.32 Å². The van der Waals surface area contributed by atoms with E-state index >= 15 is 0 Å². The van der Waals surface area contributed by atoms with Crippen LogP contribution in [0.1, 0.15) is 0 Å². The first-order valence-electron chi connectivity index (χ1n) is 19.2. The summed E-state index contributed by atoms with van der Waals surface area (Å²) in [5.41, 5.74) is 12.0. The van der Waals surface area contributed by atoms with Gasteiger partial charge in [0, 0.05) is 27.5 Å². The molecule has 0 atom stereocenters. The Labute approximate surface area is 325 Å². The van der Waals surface area contributed by atoms with E-state index in [0.29, 0.717) is 0 Å². The molecule has 0 radical (unpaired) electrons. The number of benzene rings is 10. The quantitative estimate of drug-likeness (QED) is 0.160. The van der Waals surface area contributed by atoms with Gasteiger partial charge in [0.2, 0.25) is 0 Å². The zero-order valence-electron chi connectivity index (χ0n) is 30.6. The lowest BCUT2D eigenvalue weighted by molar-refractivity contribution is 0.673. The van der Waals surface area contributed by atoms with Gasteiger partial charge in [0.25, 0.3) is 0 Å². The molecule has 1 heterocycles. The molecule has 0 aliphatic heterocycles. The normalized spacial score (nSPS) is 11.6. The number of hydrogen-bond acceptors (Lipinski definition) is 2. The van der Waals surface area contributed by atoms with Crippen molar-refractivity contribution in [2.45, 2.75) is 0 Å². The van der Waals surface area contributed by atoms with Crippen LogP contribution in [0, 0.1) is 0 Å². The zero-order valence-corrected chi connectivity index (χ0v) is 30.6. The Morgan fingerprint density at radius 3 is 1.55 bits per heavy atom. The van der Waals surface area contributed by atoms with Crippen molar-refractivity contribution < 1.29 is 4.42 Å². The molecular weight excluding hydrogens is 679 g/mol. The fourth-order valence-corrected chi connectivity index (χ4v) is 8.70. The standard InChI is InChI=1S/C54H35NO/c1-4-16-36(17-5-1)40-23-14-24-41(34-40)55(50-29-15-28-47-48-32-30-37-18-10-11-25-43(37)53(48)56-54(47)50)42-31-33-45-44-26-12-13-27-46(44)51(38-19-6-2-7-20-38)52(49(45)35-42)39-21-8-3-9-22-39/h1-35H. The molecule has 0 aliphatic rings. The highest BCUT2D eigenvalue weighted by molar-refractivity contribution is 6.23. The lowest BCUT2D eigenvalue weighted by atomic mass is 9.85. The Hall–Kier alpha value is -7.42. The Balaban J connectivity index is 1.24. The van der Waals surface area contributed by atoms with Gasteiger partial charge in [-0.25, -0.2) is 0 Å². The molecule has 0 aliphatic carbocycles. The maximum Gasteiger partial charge on any atom is 0.159 e. The molecule has 10 aromatic carbocycles. The van der Waals surface area contributed by atoms with Crippen LogP contribution in [0.5, 0.6) is 0 Å². The molecule has 0 bridgehead atoms. The molecule has 11 rings (SSSR count). The third-order valence-electron chi connectivity index (χ3n) is 11.2. The van der Waals surface area contributed by atoms with Gasteiger partial charge in [-0.15, -0.1) is 0 Å². The molecule has 0 fully saturated rings. The highest BCUT2D eigenvalue weighted by Gasteiger charge is 2.23. The number of anilines is 3. The molecule has 0 spiro atoms. The van der Waals surface area contributed by atoms with Crippen LogP contribution in [0.25, 0.3) is 87.6 Å². The van der Waals surface area contributed by atoms with Crippen LogP contribution in [0.4, 0.5) is 17.1 Å². The van der Waals surface area contributed by atoms with E-state index in [1.807, 2.05) is 0 Å². The van der Waals surface area contributed by atoms with Crippen LogP contribution in [0.3, 0.4) is 0 Å². The van der Waals surface area contributed by atoms with Crippen molar-refractivity contribution in [1.29, 1.82) is 0 Å². The lowest BCUT2D eigenvalue weighted by Crippen LogP contribution is -2.10. The fourth-order valence-electron chi connectivity index (χ4n) is 8.70. The molecule has 0 saturated heterocycles. The Bertz CT molecular complexity index is 3240. The molecule has 2 heteroatoms. The number of furan rings is 1. The predicted octanol–water partition coefficient (Wildman–Crippen LogP) is 15.5. The SMILES string of the molecule is c1ccc(-c2cccc(N(c3ccc4c(c3)c(-c3ccccc3)c(-c3ccccc3)c3ccccc34)c3cccc4c3oc3c5ccccc5ccc43)c2)cc1. The second kappa shape index (κ2) is 13.2. The summed E-state index contributed by atoms with van der Waals surface area (Å²) in [5.74, 6) is 0. The van der Waals surface area contributed by atoms with Crippen LogP contribution in [-0.4, -0.2) is 0 Å². The first-order valence-corrected chi connectivity index (χ1v) is 19.2. The Morgan fingerprint density at radius 2 is 0.804 bits per heavy atom. The summed E-state index contributed by atoms with van der Waals surface area (Å²) in [7, 11) is 0. The topological polar surface area (TPSA) is 16.4 Å². The van der Waals surface area contributed by atoms with E-state index in [-0.39, 0.29) is 0 Å². The van der Waals surface area contributed by atoms with Crippen molar-refractivity contribution in [3.05, 3.63) is 212 Å². The molecule has 2 nitrogen and oxygen atoms in total. The van der Waals surface area contributed by atoms with Gasteiger partial charge in [0.1, 0.15) is 5.58 Å². The van der Waals surface area contributed by atoms with Crippen molar-refractivity contribution in [2.75, 3.05) is 4.90 Å². The van der Waals surface area contributed by atoms with Crippen molar-refractivity contribution in [2.24, 2.45) is 0 Å². The minimum atomic E-state index is 0.857. The second-order valence-corrected chi connectivity index (χ2v) is 14.4. The van der Waals surface area contributed by atoms with Gasteiger partial charge in [0.15, 0.2) is 5.58 Å². The third kappa shape index (κ3) is 5.19. The molecule has 0 saturated carbocycles. The van der Waals surface area contributed by atoms with Crippen molar-refractivity contribution in [3.8, 4) is 33.4 Å². The second-order valence-electron chi connectivity index (χ2n) is 14.4. The zero-order chi connectivity index (χ0) is 37.0. The van der Waals surface area contributed by atoms with E-state index in [1.54, 1.807) is 0 Å². The molecule has 262 valence electrons. The molecule has 56 heavy (non-hydrogen) atoms. The van der Waals surface area contributed by atoms with E-state index in [2.05, 4.69) is 217 Å². The van der Waals surface area contributed by atoms with Gasteiger partial charge >= 0.3 is 0 Å². The van der Waals surface area contributed by atoms with Gasteiger partial charge in [-0.3, -0.25) is 0 Å². The first-order chi connectivity index (χ1) is 27.8. The molecule has 1 aromatic heterocycles. The van der Waals surface area contributed by atoms with E-state index in [1.165, 1.54) is 49.4 Å². The number of fused-ring (bicyclic) bond motifs is 8. The van der Waals surface area contributed by atoms with Crippen LogP contribution >= 0.6 is 0 Å². The maximum absolute atomic E-state index is 7.01. The molecule has 0 N–H and O–H groups in total.